The lowest BCUT2D eigenvalue weighted by Gasteiger charge is -2.22. The Morgan fingerprint density at radius 1 is 1.08 bits per heavy atom. The minimum Gasteiger partial charge on any atom is -0.356 e. The summed E-state index contributed by atoms with van der Waals surface area (Å²) in [6, 6.07) is 14.6. The largest absolute Gasteiger partial charge is 0.356 e. The van der Waals surface area contributed by atoms with Crippen molar-refractivity contribution in [1.82, 2.24) is 5.32 Å². The van der Waals surface area contributed by atoms with Gasteiger partial charge in [-0.1, -0.05) is 62.7 Å². The zero-order valence-corrected chi connectivity index (χ0v) is 16.5. The summed E-state index contributed by atoms with van der Waals surface area (Å²) in [5, 5.41) is 7.87. The number of rotatable bonds is 3. The molecular formula is C20H25ClN2S. The van der Waals surface area contributed by atoms with Crippen molar-refractivity contribution in [3.05, 3.63) is 64.2 Å². The van der Waals surface area contributed by atoms with E-state index in [1.54, 1.807) is 0 Å². The molecule has 2 aromatic rings. The Labute approximate surface area is 155 Å². The summed E-state index contributed by atoms with van der Waals surface area (Å²) in [7, 11) is 0. The molecule has 2 aromatic carbocycles. The number of anilines is 1. The van der Waals surface area contributed by atoms with E-state index in [1.807, 2.05) is 25.1 Å². The number of halogens is 1. The number of benzene rings is 2. The smallest absolute Gasteiger partial charge is 0.171 e. The fraction of sp³-hybridized carbons (Fsp3) is 0.350. The van der Waals surface area contributed by atoms with E-state index < -0.39 is 0 Å². The molecule has 0 fully saturated rings. The Hall–Kier alpha value is -1.58. The molecule has 0 spiro atoms. The second-order valence-corrected chi connectivity index (χ2v) is 7.92. The lowest BCUT2D eigenvalue weighted by atomic mass is 9.86. The van der Waals surface area contributed by atoms with Crippen LogP contribution in [0.4, 0.5) is 5.69 Å². The van der Waals surface area contributed by atoms with E-state index in [2.05, 4.69) is 62.6 Å². The molecule has 4 heteroatoms. The average Bonchev–Trinajstić information content (AvgIpc) is 2.51. The Bertz CT molecular complexity index is 717. The van der Waals surface area contributed by atoms with Crippen LogP contribution in [0.3, 0.4) is 0 Å². The molecule has 0 saturated heterocycles. The van der Waals surface area contributed by atoms with Crippen molar-refractivity contribution < 1.29 is 0 Å². The van der Waals surface area contributed by atoms with E-state index in [1.165, 1.54) is 11.1 Å². The topological polar surface area (TPSA) is 24.1 Å². The maximum atomic E-state index is 6.15. The Morgan fingerprint density at radius 2 is 1.71 bits per heavy atom. The maximum Gasteiger partial charge on any atom is 0.171 e. The Morgan fingerprint density at radius 3 is 2.29 bits per heavy atom. The molecule has 0 aliphatic rings. The minimum absolute atomic E-state index is 0.124. The van der Waals surface area contributed by atoms with Crippen LogP contribution in [0.1, 0.15) is 50.4 Å². The van der Waals surface area contributed by atoms with Crippen molar-refractivity contribution in [1.29, 1.82) is 0 Å². The standard InChI is InChI=1S/C20H25ClN2S/c1-13-17(21)7-6-8-18(13)23-19(24)22-14(2)15-9-11-16(12-10-15)20(3,4)5/h6-12,14H,1-5H3,(H2,22,23,24). The minimum atomic E-state index is 0.124. The summed E-state index contributed by atoms with van der Waals surface area (Å²) in [5.74, 6) is 0. The van der Waals surface area contributed by atoms with Crippen molar-refractivity contribution in [3.8, 4) is 0 Å². The van der Waals surface area contributed by atoms with Crippen molar-refractivity contribution >= 4 is 34.6 Å². The predicted molar refractivity (Wildman–Crippen MR) is 109 cm³/mol. The second-order valence-electron chi connectivity index (χ2n) is 7.10. The van der Waals surface area contributed by atoms with Crippen molar-refractivity contribution in [2.75, 3.05) is 5.32 Å². The molecule has 0 aromatic heterocycles. The van der Waals surface area contributed by atoms with Crippen LogP contribution in [0.15, 0.2) is 42.5 Å². The lowest BCUT2D eigenvalue weighted by molar-refractivity contribution is 0.589. The van der Waals surface area contributed by atoms with Gasteiger partial charge in [-0.3, -0.25) is 0 Å². The highest BCUT2D eigenvalue weighted by atomic mass is 35.5. The third-order valence-electron chi connectivity index (χ3n) is 4.14. The van der Waals surface area contributed by atoms with Gasteiger partial charge < -0.3 is 10.6 Å². The SMILES string of the molecule is Cc1c(Cl)cccc1NC(=S)NC(C)c1ccc(C(C)(C)C)cc1. The van der Waals surface area contributed by atoms with E-state index in [0.717, 1.165) is 16.3 Å². The number of thiocarbonyl (C=S) groups is 1. The molecule has 1 unspecified atom stereocenters. The molecule has 128 valence electrons. The molecule has 0 heterocycles. The number of hydrogen-bond acceptors (Lipinski definition) is 1. The number of nitrogens with one attached hydrogen (secondary N) is 2. The monoisotopic (exact) mass is 360 g/mol. The number of hydrogen-bond donors (Lipinski definition) is 2. The van der Waals surface area contributed by atoms with Gasteiger partial charge in [0, 0.05) is 10.7 Å². The van der Waals surface area contributed by atoms with Crippen molar-refractivity contribution in [2.45, 2.75) is 46.1 Å². The van der Waals surface area contributed by atoms with Gasteiger partial charge in [-0.15, -0.1) is 0 Å². The van der Waals surface area contributed by atoms with Crippen LogP contribution < -0.4 is 10.6 Å². The van der Waals surface area contributed by atoms with Crippen LogP contribution in [-0.4, -0.2) is 5.11 Å². The molecule has 0 aliphatic carbocycles. The zero-order valence-electron chi connectivity index (χ0n) is 14.9. The quantitative estimate of drug-likeness (QED) is 0.657. The molecule has 0 bridgehead atoms. The Balaban J connectivity index is 2.02. The first-order valence-corrected chi connectivity index (χ1v) is 8.90. The molecule has 2 N–H and O–H groups in total. The van der Waals surface area contributed by atoms with Crippen LogP contribution in [0.2, 0.25) is 5.02 Å². The van der Waals surface area contributed by atoms with Crippen molar-refractivity contribution in [3.63, 3.8) is 0 Å². The van der Waals surface area contributed by atoms with E-state index in [9.17, 15) is 0 Å². The molecule has 0 aliphatic heterocycles. The molecule has 1 atom stereocenters. The van der Waals surface area contributed by atoms with Crippen LogP contribution in [0.25, 0.3) is 0 Å². The fourth-order valence-corrected chi connectivity index (χ4v) is 2.91. The Kier molecular flexibility index (Phi) is 5.89. The summed E-state index contributed by atoms with van der Waals surface area (Å²) in [4.78, 5) is 0. The van der Waals surface area contributed by atoms with Gasteiger partial charge in [0.05, 0.1) is 6.04 Å². The first-order valence-electron chi connectivity index (χ1n) is 8.11. The van der Waals surface area contributed by atoms with Gasteiger partial charge in [0.25, 0.3) is 0 Å². The molecule has 2 nitrogen and oxygen atoms in total. The van der Waals surface area contributed by atoms with E-state index in [0.29, 0.717) is 5.11 Å². The van der Waals surface area contributed by atoms with Crippen LogP contribution in [0, 0.1) is 6.92 Å². The predicted octanol–water partition coefficient (Wildman–Crippen LogP) is 5.99. The van der Waals surface area contributed by atoms with E-state index in [4.69, 9.17) is 23.8 Å². The molecule has 2 rings (SSSR count). The van der Waals surface area contributed by atoms with E-state index >= 15 is 0 Å². The van der Waals surface area contributed by atoms with Crippen molar-refractivity contribution in [2.24, 2.45) is 0 Å². The van der Waals surface area contributed by atoms with Crippen LogP contribution >= 0.6 is 23.8 Å². The summed E-state index contributed by atoms with van der Waals surface area (Å²) >= 11 is 11.6. The zero-order chi connectivity index (χ0) is 17.9. The molecular weight excluding hydrogens is 336 g/mol. The van der Waals surface area contributed by atoms with Gasteiger partial charge >= 0.3 is 0 Å². The normalized spacial score (nSPS) is 12.6. The first-order chi connectivity index (χ1) is 11.2. The summed E-state index contributed by atoms with van der Waals surface area (Å²) in [6.07, 6.45) is 0. The van der Waals surface area contributed by atoms with Crippen LogP contribution in [0.5, 0.6) is 0 Å². The molecule has 24 heavy (non-hydrogen) atoms. The fourth-order valence-electron chi connectivity index (χ4n) is 2.45. The maximum absolute atomic E-state index is 6.15. The first kappa shape index (κ1) is 18.8. The third-order valence-corrected chi connectivity index (χ3v) is 4.77. The van der Waals surface area contributed by atoms with Gasteiger partial charge in [0.15, 0.2) is 5.11 Å². The third kappa shape index (κ3) is 4.71. The highest BCUT2D eigenvalue weighted by Crippen LogP contribution is 2.25. The van der Waals surface area contributed by atoms with Gasteiger partial charge in [-0.05, 0) is 60.3 Å². The molecule has 0 saturated carbocycles. The molecule has 0 amide bonds. The molecule has 0 radical (unpaired) electrons. The lowest BCUT2D eigenvalue weighted by Crippen LogP contribution is -2.31. The summed E-state index contributed by atoms with van der Waals surface area (Å²) < 4.78 is 0. The van der Waals surface area contributed by atoms with Gasteiger partial charge in [0.2, 0.25) is 0 Å². The van der Waals surface area contributed by atoms with E-state index in [-0.39, 0.29) is 11.5 Å². The van der Waals surface area contributed by atoms with Gasteiger partial charge in [0.1, 0.15) is 0 Å². The highest BCUT2D eigenvalue weighted by Gasteiger charge is 2.14. The highest BCUT2D eigenvalue weighted by molar-refractivity contribution is 7.80. The average molecular weight is 361 g/mol. The summed E-state index contributed by atoms with van der Waals surface area (Å²) in [6.45, 7) is 10.7. The van der Waals surface area contributed by atoms with Gasteiger partial charge in [-0.2, -0.15) is 0 Å². The second kappa shape index (κ2) is 7.54. The summed E-state index contributed by atoms with van der Waals surface area (Å²) in [5.41, 5.74) is 4.61. The van der Waals surface area contributed by atoms with Gasteiger partial charge in [-0.25, -0.2) is 0 Å². The van der Waals surface area contributed by atoms with Crippen LogP contribution in [-0.2, 0) is 5.41 Å².